The fraction of sp³-hybridized carbons (Fsp3) is 0.588. The Morgan fingerprint density at radius 3 is 1.86 bits per heavy atom. The lowest BCUT2D eigenvalue weighted by Gasteiger charge is -2.44. The number of fused-ring (bicyclic) bond motifs is 1. The maximum absolute atomic E-state index is 13.7. The second-order valence-electron chi connectivity index (χ2n) is 14.2. The van der Waals surface area contributed by atoms with E-state index in [0.29, 0.717) is 0 Å². The van der Waals surface area contributed by atoms with Gasteiger partial charge in [-0.25, -0.2) is 0 Å². The van der Waals surface area contributed by atoms with Crippen molar-refractivity contribution in [1.29, 1.82) is 0 Å². The lowest BCUT2D eigenvalue weighted by Crippen LogP contribution is -2.67. The van der Waals surface area contributed by atoms with Crippen molar-refractivity contribution in [3.8, 4) is 0 Å². The Morgan fingerprint density at radius 1 is 0.905 bits per heavy atom. The van der Waals surface area contributed by atoms with Gasteiger partial charge in [-0.3, -0.25) is 9.59 Å². The summed E-state index contributed by atoms with van der Waals surface area (Å²) in [6.07, 6.45) is -1.25. The Bertz CT molecular complexity index is 1210. The zero-order valence-electron chi connectivity index (χ0n) is 26.9. The SMILES string of the molecule is CO[C@]1(C(C)C)O[C@@H](CO[Si](c2ccccc2)(c2ccccc2)C(C)(C)C)[C@@H]2[C@@H](COC(=O)C(C)(C)C)OC(=O)[C@@]21C. The van der Waals surface area contributed by atoms with Crippen LogP contribution in [0.1, 0.15) is 62.3 Å². The quantitative estimate of drug-likeness (QED) is 0.294. The lowest BCUT2D eigenvalue weighted by molar-refractivity contribution is -0.278. The number of esters is 2. The molecule has 0 aliphatic carbocycles. The first kappa shape index (κ1) is 32.4. The van der Waals surface area contributed by atoms with Crippen LogP contribution in [0.5, 0.6) is 0 Å². The van der Waals surface area contributed by atoms with Crippen molar-refractivity contribution in [2.24, 2.45) is 22.7 Å². The molecule has 2 saturated heterocycles. The van der Waals surface area contributed by atoms with Crippen molar-refractivity contribution < 1.29 is 33.0 Å². The van der Waals surface area contributed by atoms with Gasteiger partial charge < -0.3 is 23.4 Å². The van der Waals surface area contributed by atoms with E-state index in [2.05, 4.69) is 69.3 Å². The third kappa shape index (κ3) is 5.14. The summed E-state index contributed by atoms with van der Waals surface area (Å²) in [7, 11) is -1.32. The van der Waals surface area contributed by atoms with E-state index in [9.17, 15) is 9.59 Å². The smallest absolute Gasteiger partial charge is 0.318 e. The molecule has 4 rings (SSSR count). The van der Waals surface area contributed by atoms with Crippen LogP contribution in [0.3, 0.4) is 0 Å². The number of carbonyl (C=O) groups is 2. The Kier molecular flexibility index (Phi) is 8.89. The summed E-state index contributed by atoms with van der Waals surface area (Å²) >= 11 is 0. The van der Waals surface area contributed by atoms with Gasteiger partial charge in [0.1, 0.15) is 18.1 Å². The molecular weight excluding hydrogens is 548 g/mol. The molecule has 0 unspecified atom stereocenters. The van der Waals surface area contributed by atoms with Gasteiger partial charge in [-0.2, -0.15) is 0 Å². The van der Waals surface area contributed by atoms with Gasteiger partial charge in [-0.05, 0) is 43.1 Å². The number of methoxy groups -OCH3 is 1. The number of benzene rings is 2. The van der Waals surface area contributed by atoms with E-state index < -0.39 is 49.0 Å². The highest BCUT2D eigenvalue weighted by molar-refractivity contribution is 6.99. The molecule has 2 aliphatic rings. The van der Waals surface area contributed by atoms with Crippen molar-refractivity contribution in [2.75, 3.05) is 20.3 Å². The fourth-order valence-electron chi connectivity index (χ4n) is 7.10. The molecular formula is C34H48O7Si. The third-order valence-corrected chi connectivity index (χ3v) is 14.1. The van der Waals surface area contributed by atoms with Crippen LogP contribution in [0.25, 0.3) is 0 Å². The summed E-state index contributed by atoms with van der Waals surface area (Å²) in [4.78, 5) is 26.4. The maximum atomic E-state index is 13.7. The van der Waals surface area contributed by atoms with Crippen molar-refractivity contribution >= 4 is 30.6 Å². The molecule has 0 spiro atoms. The summed E-state index contributed by atoms with van der Waals surface area (Å²) in [6, 6.07) is 20.8. The van der Waals surface area contributed by atoms with Crippen molar-refractivity contribution in [2.45, 2.75) is 85.3 Å². The number of carbonyl (C=O) groups excluding carboxylic acids is 2. The van der Waals surface area contributed by atoms with E-state index in [0.717, 1.165) is 10.4 Å². The first-order chi connectivity index (χ1) is 19.6. The maximum Gasteiger partial charge on any atom is 0.318 e. The Balaban J connectivity index is 1.78. The minimum atomic E-state index is -2.90. The predicted molar refractivity (Wildman–Crippen MR) is 165 cm³/mol. The van der Waals surface area contributed by atoms with Gasteiger partial charge in [0.2, 0.25) is 0 Å². The van der Waals surface area contributed by atoms with E-state index in [4.69, 9.17) is 23.4 Å². The molecule has 0 bridgehead atoms. The summed E-state index contributed by atoms with van der Waals surface area (Å²) in [6.45, 7) is 18.1. The largest absolute Gasteiger partial charge is 0.461 e. The normalized spacial score (nSPS) is 28.1. The molecule has 2 heterocycles. The molecule has 0 N–H and O–H groups in total. The number of ether oxygens (including phenoxy) is 4. The fourth-order valence-corrected chi connectivity index (χ4v) is 11.7. The average Bonchev–Trinajstić information content (AvgIpc) is 3.35. The van der Waals surface area contributed by atoms with Gasteiger partial charge in [-0.15, -0.1) is 0 Å². The Labute approximate surface area is 252 Å². The molecule has 2 aromatic rings. The first-order valence-electron chi connectivity index (χ1n) is 14.9. The van der Waals surface area contributed by atoms with Crippen LogP contribution in [0, 0.1) is 22.7 Å². The lowest BCUT2D eigenvalue weighted by atomic mass is 9.67. The highest BCUT2D eigenvalue weighted by atomic mass is 28.4. The standard InChI is InChI=1S/C34H48O7Si/c1-23(2)34(37-10)33(9)28(26(40-30(33)36)21-38-29(35)31(3,4)5)27(41-34)22-39-42(32(6,7)8,24-17-13-11-14-18-24)25-19-15-12-16-20-25/h11-20,23,26-28H,21-22H2,1-10H3/t26-,27+,28+,33-,34-/m1/s1. The molecule has 42 heavy (non-hydrogen) atoms. The van der Waals surface area contributed by atoms with Gasteiger partial charge in [-0.1, -0.05) is 95.3 Å². The first-order valence-corrected chi connectivity index (χ1v) is 16.8. The van der Waals surface area contributed by atoms with Gasteiger partial charge in [0.15, 0.2) is 5.79 Å². The summed E-state index contributed by atoms with van der Waals surface area (Å²) in [5.41, 5.74) is -1.81. The Hall–Kier alpha value is -2.52. The summed E-state index contributed by atoms with van der Waals surface area (Å²) in [5.74, 6) is -2.63. The molecule has 5 atom stereocenters. The Morgan fingerprint density at radius 2 is 1.43 bits per heavy atom. The van der Waals surface area contributed by atoms with Crippen LogP contribution in [0.4, 0.5) is 0 Å². The minimum absolute atomic E-state index is 0.0565. The molecule has 0 radical (unpaired) electrons. The molecule has 0 saturated carbocycles. The number of rotatable bonds is 9. The highest BCUT2D eigenvalue weighted by Gasteiger charge is 2.75. The molecule has 2 fully saturated rings. The number of hydrogen-bond donors (Lipinski definition) is 0. The van der Waals surface area contributed by atoms with Crippen LogP contribution < -0.4 is 10.4 Å². The van der Waals surface area contributed by atoms with Gasteiger partial charge in [0.25, 0.3) is 8.32 Å². The van der Waals surface area contributed by atoms with Crippen molar-refractivity contribution in [3.05, 3.63) is 60.7 Å². The van der Waals surface area contributed by atoms with E-state index >= 15 is 0 Å². The van der Waals surface area contributed by atoms with Crippen molar-refractivity contribution in [1.82, 2.24) is 0 Å². The van der Waals surface area contributed by atoms with Gasteiger partial charge in [0, 0.05) is 18.9 Å². The molecule has 0 amide bonds. The predicted octanol–water partition coefficient (Wildman–Crippen LogP) is 5.10. The average molecular weight is 597 g/mol. The van der Waals surface area contributed by atoms with Crippen molar-refractivity contribution in [3.63, 3.8) is 0 Å². The van der Waals surface area contributed by atoms with E-state index in [1.807, 2.05) is 32.9 Å². The third-order valence-electron chi connectivity index (χ3n) is 9.14. The van der Waals surface area contributed by atoms with E-state index in [-0.39, 0.29) is 30.1 Å². The van der Waals surface area contributed by atoms with E-state index in [1.54, 1.807) is 27.9 Å². The zero-order valence-corrected chi connectivity index (χ0v) is 27.9. The molecule has 8 heteroatoms. The molecule has 2 aromatic carbocycles. The van der Waals surface area contributed by atoms with E-state index in [1.165, 1.54) is 0 Å². The molecule has 2 aliphatic heterocycles. The minimum Gasteiger partial charge on any atom is -0.461 e. The van der Waals surface area contributed by atoms with Gasteiger partial charge in [0.05, 0.1) is 18.1 Å². The number of cyclic esters (lactones) is 1. The molecule has 0 aromatic heterocycles. The molecule has 7 nitrogen and oxygen atoms in total. The summed E-state index contributed by atoms with van der Waals surface area (Å²) in [5, 5.41) is 2.07. The topological polar surface area (TPSA) is 80.3 Å². The van der Waals surface area contributed by atoms with Gasteiger partial charge >= 0.3 is 11.9 Å². The van der Waals surface area contributed by atoms with Crippen LogP contribution >= 0.6 is 0 Å². The number of hydrogen-bond acceptors (Lipinski definition) is 7. The second kappa shape index (κ2) is 11.5. The summed E-state index contributed by atoms with van der Waals surface area (Å²) < 4.78 is 31.9. The van der Waals surface area contributed by atoms with Crippen LogP contribution in [0.2, 0.25) is 5.04 Å². The monoisotopic (exact) mass is 596 g/mol. The second-order valence-corrected chi connectivity index (χ2v) is 18.5. The van der Waals surface area contributed by atoms with Crippen LogP contribution in [-0.4, -0.2) is 58.6 Å². The zero-order chi connectivity index (χ0) is 31.1. The molecule has 230 valence electrons. The van der Waals surface area contributed by atoms with Crippen LogP contribution in [-0.2, 0) is 33.0 Å². The van der Waals surface area contributed by atoms with Crippen LogP contribution in [0.15, 0.2) is 60.7 Å². The highest BCUT2D eigenvalue weighted by Crippen LogP contribution is 2.60.